The van der Waals surface area contributed by atoms with Crippen molar-refractivity contribution >= 4 is 11.9 Å². The number of nitrogens with one attached hydrogen (secondary N) is 3. The highest BCUT2D eigenvalue weighted by Crippen LogP contribution is 2.14. The van der Waals surface area contributed by atoms with E-state index < -0.39 is 0 Å². The summed E-state index contributed by atoms with van der Waals surface area (Å²) in [6, 6.07) is 3.62. The molecule has 1 saturated heterocycles. The smallest absolute Gasteiger partial charge is 0.244 e. The molecule has 3 heterocycles. The molecular formula is C17H25N7O2. The number of carbonyl (C=O) groups is 1. The van der Waals surface area contributed by atoms with Crippen LogP contribution in [0, 0.1) is 0 Å². The molecule has 0 saturated carbocycles. The molecule has 0 radical (unpaired) electrons. The third-order valence-corrected chi connectivity index (χ3v) is 4.10. The number of aromatic amines is 1. The molecule has 9 nitrogen and oxygen atoms in total. The van der Waals surface area contributed by atoms with E-state index >= 15 is 0 Å². The molecule has 1 aliphatic rings. The maximum Gasteiger partial charge on any atom is 0.244 e. The first-order chi connectivity index (χ1) is 12.8. The van der Waals surface area contributed by atoms with Gasteiger partial charge in [0, 0.05) is 32.6 Å². The normalized spacial score (nSPS) is 14.7. The van der Waals surface area contributed by atoms with Gasteiger partial charge < -0.3 is 20.0 Å². The summed E-state index contributed by atoms with van der Waals surface area (Å²) in [4.78, 5) is 22.7. The Hall–Kier alpha value is -2.84. The molecule has 2 aromatic rings. The van der Waals surface area contributed by atoms with Crippen LogP contribution in [0.5, 0.6) is 0 Å². The van der Waals surface area contributed by atoms with Gasteiger partial charge in [0.15, 0.2) is 11.7 Å². The summed E-state index contributed by atoms with van der Waals surface area (Å²) in [7, 11) is 0. The van der Waals surface area contributed by atoms with Crippen molar-refractivity contribution in [3.05, 3.63) is 24.2 Å². The van der Waals surface area contributed by atoms with Crippen LogP contribution in [0.2, 0.25) is 0 Å². The van der Waals surface area contributed by atoms with Gasteiger partial charge in [-0.1, -0.05) is 0 Å². The van der Waals surface area contributed by atoms with Crippen molar-refractivity contribution in [1.29, 1.82) is 0 Å². The Morgan fingerprint density at radius 2 is 2.23 bits per heavy atom. The van der Waals surface area contributed by atoms with Gasteiger partial charge in [-0.15, -0.1) is 0 Å². The predicted octanol–water partition coefficient (Wildman–Crippen LogP) is 0.785. The summed E-state index contributed by atoms with van der Waals surface area (Å²) in [5, 5.41) is 13.4. The zero-order valence-electron chi connectivity index (χ0n) is 15.0. The fourth-order valence-electron chi connectivity index (χ4n) is 2.78. The van der Waals surface area contributed by atoms with E-state index in [1.807, 2.05) is 17.9 Å². The largest absolute Gasteiger partial charge is 0.461 e. The van der Waals surface area contributed by atoms with E-state index in [0.717, 1.165) is 38.3 Å². The number of hydrogen-bond donors (Lipinski definition) is 3. The highest BCUT2D eigenvalue weighted by Gasteiger charge is 2.17. The minimum atomic E-state index is 0.0815. The second kappa shape index (κ2) is 9.02. The summed E-state index contributed by atoms with van der Waals surface area (Å²) in [6.07, 6.45) is 4.42. The van der Waals surface area contributed by atoms with E-state index in [9.17, 15) is 4.79 Å². The molecule has 3 rings (SSSR count). The Labute approximate surface area is 152 Å². The average Bonchev–Trinajstić information content (AvgIpc) is 3.41. The minimum Gasteiger partial charge on any atom is -0.461 e. The first kappa shape index (κ1) is 18.0. The lowest BCUT2D eigenvalue weighted by molar-refractivity contribution is -0.128. The number of aliphatic imine (C=N–C) groups is 1. The summed E-state index contributed by atoms with van der Waals surface area (Å²) < 4.78 is 5.28. The Kier molecular flexibility index (Phi) is 6.24. The molecule has 26 heavy (non-hydrogen) atoms. The Balaban J connectivity index is 1.47. The number of guanidine groups is 1. The minimum absolute atomic E-state index is 0.0815. The van der Waals surface area contributed by atoms with Gasteiger partial charge in [-0.25, -0.2) is 9.98 Å². The number of carbonyl (C=O) groups excluding carboxylic acids is 1. The third kappa shape index (κ3) is 4.84. The number of nitrogens with zero attached hydrogens (tertiary/aromatic N) is 4. The molecule has 1 aliphatic heterocycles. The second-order valence-corrected chi connectivity index (χ2v) is 6.04. The highest BCUT2D eigenvalue weighted by atomic mass is 16.3. The zero-order chi connectivity index (χ0) is 18.2. The Bertz CT molecular complexity index is 717. The molecule has 0 unspecified atom stereocenters. The fraction of sp³-hybridized carbons (Fsp3) is 0.529. The van der Waals surface area contributed by atoms with Crippen molar-refractivity contribution in [2.45, 2.75) is 26.2 Å². The predicted molar refractivity (Wildman–Crippen MR) is 97.6 cm³/mol. The van der Waals surface area contributed by atoms with Gasteiger partial charge >= 0.3 is 0 Å². The van der Waals surface area contributed by atoms with Crippen LogP contribution in [0.1, 0.15) is 25.6 Å². The number of furan rings is 1. The summed E-state index contributed by atoms with van der Waals surface area (Å²) in [6.45, 7) is 5.21. The maximum atomic E-state index is 12.1. The SMILES string of the molecule is CCNC(=NCC(=O)N1CCCC1)NCCc1nc(-c2ccco2)n[nH]1. The van der Waals surface area contributed by atoms with Crippen LogP contribution < -0.4 is 10.6 Å². The van der Waals surface area contributed by atoms with E-state index in [0.29, 0.717) is 30.5 Å². The summed E-state index contributed by atoms with van der Waals surface area (Å²) in [5.74, 6) is 2.65. The van der Waals surface area contributed by atoms with Crippen molar-refractivity contribution in [2.75, 3.05) is 32.7 Å². The molecule has 0 spiro atoms. The number of hydrogen-bond acceptors (Lipinski definition) is 5. The van der Waals surface area contributed by atoms with Gasteiger partial charge in [0.2, 0.25) is 11.7 Å². The van der Waals surface area contributed by atoms with Gasteiger partial charge in [0.25, 0.3) is 0 Å². The molecule has 9 heteroatoms. The van der Waals surface area contributed by atoms with Gasteiger partial charge in [-0.2, -0.15) is 5.10 Å². The van der Waals surface area contributed by atoms with Gasteiger partial charge in [-0.05, 0) is 31.9 Å². The summed E-state index contributed by atoms with van der Waals surface area (Å²) >= 11 is 0. The molecule has 1 amide bonds. The van der Waals surface area contributed by atoms with Crippen molar-refractivity contribution in [3.8, 4) is 11.6 Å². The monoisotopic (exact) mass is 359 g/mol. The van der Waals surface area contributed by atoms with Crippen molar-refractivity contribution < 1.29 is 9.21 Å². The number of aromatic nitrogens is 3. The molecule has 140 valence electrons. The lowest BCUT2D eigenvalue weighted by atomic mass is 10.4. The van der Waals surface area contributed by atoms with E-state index in [-0.39, 0.29) is 12.5 Å². The maximum absolute atomic E-state index is 12.1. The van der Waals surface area contributed by atoms with E-state index in [1.165, 1.54) is 0 Å². The Morgan fingerprint density at radius 1 is 1.38 bits per heavy atom. The zero-order valence-corrected chi connectivity index (χ0v) is 15.0. The molecule has 1 fully saturated rings. The quantitative estimate of drug-likeness (QED) is 0.498. The van der Waals surface area contributed by atoms with Crippen LogP contribution in [0.3, 0.4) is 0 Å². The standard InChI is InChI=1S/C17H25N7O2/c1-2-18-17(20-12-15(25)24-9-3-4-10-24)19-8-7-14-21-16(23-22-14)13-6-5-11-26-13/h5-6,11H,2-4,7-10,12H2,1H3,(H2,18,19,20)(H,21,22,23). The molecule has 0 aliphatic carbocycles. The van der Waals surface area contributed by atoms with Crippen LogP contribution in [0.15, 0.2) is 27.8 Å². The third-order valence-electron chi connectivity index (χ3n) is 4.10. The van der Waals surface area contributed by atoms with E-state index in [1.54, 1.807) is 12.3 Å². The van der Waals surface area contributed by atoms with E-state index in [2.05, 4.69) is 30.8 Å². The molecular weight excluding hydrogens is 334 g/mol. The highest BCUT2D eigenvalue weighted by molar-refractivity contribution is 5.85. The first-order valence-corrected chi connectivity index (χ1v) is 9.01. The Morgan fingerprint density at radius 3 is 2.96 bits per heavy atom. The van der Waals surface area contributed by atoms with Crippen LogP contribution in [-0.4, -0.2) is 64.7 Å². The number of rotatable bonds is 7. The average molecular weight is 359 g/mol. The lowest BCUT2D eigenvalue weighted by Crippen LogP contribution is -2.39. The van der Waals surface area contributed by atoms with Crippen molar-refractivity contribution in [2.24, 2.45) is 4.99 Å². The van der Waals surface area contributed by atoms with E-state index in [4.69, 9.17) is 4.42 Å². The van der Waals surface area contributed by atoms with Gasteiger partial charge in [0.1, 0.15) is 12.4 Å². The van der Waals surface area contributed by atoms with Crippen molar-refractivity contribution in [3.63, 3.8) is 0 Å². The molecule has 0 aromatic carbocycles. The number of likely N-dealkylation sites (tertiary alicyclic amines) is 1. The second-order valence-electron chi connectivity index (χ2n) is 6.04. The van der Waals surface area contributed by atoms with Crippen molar-refractivity contribution in [1.82, 2.24) is 30.7 Å². The van der Waals surface area contributed by atoms with Crippen LogP contribution >= 0.6 is 0 Å². The van der Waals surface area contributed by atoms with Crippen LogP contribution in [-0.2, 0) is 11.2 Å². The summed E-state index contributed by atoms with van der Waals surface area (Å²) in [5.41, 5.74) is 0. The van der Waals surface area contributed by atoms with Gasteiger partial charge in [0.05, 0.1) is 6.26 Å². The van der Waals surface area contributed by atoms with Gasteiger partial charge in [-0.3, -0.25) is 9.89 Å². The first-order valence-electron chi connectivity index (χ1n) is 9.01. The molecule has 3 N–H and O–H groups in total. The topological polar surface area (TPSA) is 111 Å². The molecule has 0 bridgehead atoms. The van der Waals surface area contributed by atoms with Crippen LogP contribution in [0.25, 0.3) is 11.6 Å². The van der Waals surface area contributed by atoms with Crippen LogP contribution in [0.4, 0.5) is 0 Å². The fourth-order valence-corrected chi connectivity index (χ4v) is 2.78. The molecule has 2 aromatic heterocycles. The lowest BCUT2D eigenvalue weighted by Gasteiger charge is -2.15. The number of H-pyrrole nitrogens is 1. The number of amides is 1. The molecule has 0 atom stereocenters.